The predicted molar refractivity (Wildman–Crippen MR) is 145 cm³/mol. The lowest BCUT2D eigenvalue weighted by Gasteiger charge is -2.34. The Bertz CT molecular complexity index is 1420. The first-order valence-electron chi connectivity index (χ1n) is 13.0. The second kappa shape index (κ2) is 8.91. The van der Waals surface area contributed by atoms with Crippen molar-refractivity contribution in [1.82, 2.24) is 25.2 Å². The SMILES string of the molecule is CN1CCCC1COc1nc(N2CC3CCC(C2)N3)c2ccc(-c3c[nH]c4cccc(Cl)c34)cc2n1. The minimum absolute atomic E-state index is 0.419. The third-order valence-corrected chi connectivity index (χ3v) is 8.53. The molecule has 3 aliphatic heterocycles. The Balaban J connectivity index is 1.30. The molecule has 5 heterocycles. The lowest BCUT2D eigenvalue weighted by Crippen LogP contribution is -2.51. The molecule has 2 aromatic carbocycles. The number of benzene rings is 2. The van der Waals surface area contributed by atoms with Crippen molar-refractivity contribution >= 4 is 39.2 Å². The highest BCUT2D eigenvalue weighted by Gasteiger charge is 2.34. The molecule has 8 heteroatoms. The molecule has 0 spiro atoms. The summed E-state index contributed by atoms with van der Waals surface area (Å²) < 4.78 is 6.26. The summed E-state index contributed by atoms with van der Waals surface area (Å²) in [6.07, 6.45) is 6.86. The van der Waals surface area contributed by atoms with Gasteiger partial charge in [-0.3, -0.25) is 0 Å². The second-order valence-corrected chi connectivity index (χ2v) is 11.0. The summed E-state index contributed by atoms with van der Waals surface area (Å²) >= 11 is 6.59. The summed E-state index contributed by atoms with van der Waals surface area (Å²) in [6, 6.07) is 14.4. The molecule has 3 fully saturated rings. The molecule has 2 N–H and O–H groups in total. The number of likely N-dealkylation sites (N-methyl/N-ethyl adjacent to an activating group) is 1. The molecular weight excluding hydrogens is 472 g/mol. The first kappa shape index (κ1) is 22.3. The molecule has 186 valence electrons. The van der Waals surface area contributed by atoms with Crippen molar-refractivity contribution in [2.75, 3.05) is 38.2 Å². The molecule has 36 heavy (non-hydrogen) atoms. The zero-order chi connectivity index (χ0) is 24.2. The third-order valence-electron chi connectivity index (χ3n) is 8.21. The van der Waals surface area contributed by atoms with Crippen LogP contribution < -0.4 is 15.0 Å². The van der Waals surface area contributed by atoms with Gasteiger partial charge in [0.1, 0.15) is 12.4 Å². The number of H-pyrrole nitrogens is 1. The number of piperazine rings is 1. The number of ether oxygens (including phenoxy) is 1. The Morgan fingerprint density at radius 2 is 1.94 bits per heavy atom. The van der Waals surface area contributed by atoms with Crippen molar-refractivity contribution < 1.29 is 4.74 Å². The standard InChI is InChI=1S/C28H31ClN6O/c1-34-11-3-4-20(34)16-36-28-32-25-12-17(22-13-30-24-6-2-5-23(29)26(22)24)7-10-21(25)27(33-28)35-14-18-8-9-19(15-35)31-18/h2,5-7,10,12-13,18-20,30-31H,3-4,8-9,11,14-16H2,1H3. The van der Waals surface area contributed by atoms with Crippen molar-refractivity contribution in [2.24, 2.45) is 0 Å². The number of halogens is 1. The van der Waals surface area contributed by atoms with Crippen molar-refractivity contribution in [2.45, 2.75) is 43.8 Å². The number of fused-ring (bicyclic) bond motifs is 4. The molecule has 2 bridgehead atoms. The van der Waals surface area contributed by atoms with Gasteiger partial charge in [0.15, 0.2) is 0 Å². The van der Waals surface area contributed by atoms with E-state index in [1.54, 1.807) is 0 Å². The molecule has 2 aromatic heterocycles. The molecule has 0 saturated carbocycles. The summed E-state index contributed by atoms with van der Waals surface area (Å²) in [5.74, 6) is 0.983. The van der Waals surface area contributed by atoms with Crippen molar-refractivity contribution in [3.63, 3.8) is 0 Å². The fourth-order valence-electron chi connectivity index (χ4n) is 6.26. The molecule has 3 aliphatic rings. The molecular formula is C28H31ClN6O. The van der Waals surface area contributed by atoms with E-state index in [0.717, 1.165) is 69.8 Å². The molecule has 0 aliphatic carbocycles. The summed E-state index contributed by atoms with van der Waals surface area (Å²) in [4.78, 5) is 18.0. The van der Waals surface area contributed by atoms with Gasteiger partial charge in [-0.1, -0.05) is 23.7 Å². The first-order valence-corrected chi connectivity index (χ1v) is 13.4. The number of aromatic nitrogens is 3. The van der Waals surface area contributed by atoms with Gasteiger partial charge in [-0.2, -0.15) is 9.97 Å². The van der Waals surface area contributed by atoms with Gasteiger partial charge < -0.3 is 24.8 Å². The quantitative estimate of drug-likeness (QED) is 0.407. The number of nitrogens with zero attached hydrogens (tertiary/aromatic N) is 4. The minimum Gasteiger partial charge on any atom is -0.462 e. The monoisotopic (exact) mass is 502 g/mol. The highest BCUT2D eigenvalue weighted by molar-refractivity contribution is 6.36. The lowest BCUT2D eigenvalue weighted by atomic mass is 10.0. The predicted octanol–water partition coefficient (Wildman–Crippen LogP) is 4.85. The van der Waals surface area contributed by atoms with Gasteiger partial charge in [0.25, 0.3) is 0 Å². The van der Waals surface area contributed by atoms with E-state index in [4.69, 9.17) is 26.3 Å². The van der Waals surface area contributed by atoms with Crippen LogP contribution in [-0.2, 0) is 0 Å². The van der Waals surface area contributed by atoms with Crippen LogP contribution in [-0.4, -0.2) is 71.3 Å². The topological polar surface area (TPSA) is 69.3 Å². The van der Waals surface area contributed by atoms with Crippen molar-refractivity contribution in [3.8, 4) is 17.1 Å². The van der Waals surface area contributed by atoms with E-state index in [1.807, 2.05) is 18.3 Å². The van der Waals surface area contributed by atoms with Crippen LogP contribution in [0.5, 0.6) is 6.01 Å². The highest BCUT2D eigenvalue weighted by Crippen LogP contribution is 2.37. The molecule has 4 aromatic rings. The Labute approximate surface area is 215 Å². The number of hydrogen-bond acceptors (Lipinski definition) is 6. The average Bonchev–Trinajstić information content (AvgIpc) is 3.60. The molecule has 7 rings (SSSR count). The van der Waals surface area contributed by atoms with E-state index >= 15 is 0 Å². The molecule has 3 atom stereocenters. The number of aromatic amines is 1. The van der Waals surface area contributed by atoms with Gasteiger partial charge in [-0.25, -0.2) is 0 Å². The molecule has 0 amide bonds. The Kier molecular flexibility index (Phi) is 5.53. The fourth-order valence-corrected chi connectivity index (χ4v) is 6.54. The van der Waals surface area contributed by atoms with E-state index in [1.165, 1.54) is 19.3 Å². The van der Waals surface area contributed by atoms with Gasteiger partial charge in [0, 0.05) is 59.3 Å². The number of rotatable bonds is 5. The minimum atomic E-state index is 0.419. The number of anilines is 1. The maximum Gasteiger partial charge on any atom is 0.319 e. The van der Waals surface area contributed by atoms with Crippen LogP contribution in [0, 0.1) is 0 Å². The largest absolute Gasteiger partial charge is 0.462 e. The maximum atomic E-state index is 6.59. The Hall–Kier alpha value is -2.87. The zero-order valence-electron chi connectivity index (χ0n) is 20.5. The van der Waals surface area contributed by atoms with Crippen LogP contribution in [0.15, 0.2) is 42.6 Å². The normalized spacial score (nSPS) is 24.3. The van der Waals surface area contributed by atoms with Gasteiger partial charge in [-0.15, -0.1) is 0 Å². The van der Waals surface area contributed by atoms with E-state index in [-0.39, 0.29) is 0 Å². The van der Waals surface area contributed by atoms with Gasteiger partial charge in [0.2, 0.25) is 0 Å². The molecule has 3 saturated heterocycles. The van der Waals surface area contributed by atoms with Crippen molar-refractivity contribution in [3.05, 3.63) is 47.6 Å². The zero-order valence-corrected chi connectivity index (χ0v) is 21.3. The van der Waals surface area contributed by atoms with Crippen LogP contribution in [0.3, 0.4) is 0 Å². The second-order valence-electron chi connectivity index (χ2n) is 10.6. The Morgan fingerprint density at radius 1 is 1.08 bits per heavy atom. The van der Waals surface area contributed by atoms with E-state index < -0.39 is 0 Å². The molecule has 7 nitrogen and oxygen atoms in total. The van der Waals surface area contributed by atoms with Crippen LogP contribution in [0.1, 0.15) is 25.7 Å². The Morgan fingerprint density at radius 3 is 2.75 bits per heavy atom. The smallest absolute Gasteiger partial charge is 0.319 e. The van der Waals surface area contributed by atoms with Crippen LogP contribution in [0.2, 0.25) is 5.02 Å². The number of hydrogen-bond donors (Lipinski definition) is 2. The van der Waals surface area contributed by atoms with E-state index in [9.17, 15) is 0 Å². The summed E-state index contributed by atoms with van der Waals surface area (Å²) in [6.45, 7) is 3.67. The molecule has 0 radical (unpaired) electrons. The lowest BCUT2D eigenvalue weighted by molar-refractivity contribution is 0.188. The van der Waals surface area contributed by atoms with E-state index in [0.29, 0.717) is 30.7 Å². The van der Waals surface area contributed by atoms with E-state index in [2.05, 4.69) is 51.4 Å². The summed E-state index contributed by atoms with van der Waals surface area (Å²) in [5.41, 5.74) is 4.09. The van der Waals surface area contributed by atoms with Crippen LogP contribution in [0.4, 0.5) is 5.82 Å². The van der Waals surface area contributed by atoms with Crippen LogP contribution >= 0.6 is 11.6 Å². The van der Waals surface area contributed by atoms with Crippen LogP contribution in [0.25, 0.3) is 32.9 Å². The highest BCUT2D eigenvalue weighted by atomic mass is 35.5. The molecule has 3 unspecified atom stereocenters. The average molecular weight is 503 g/mol. The maximum absolute atomic E-state index is 6.59. The summed E-state index contributed by atoms with van der Waals surface area (Å²) in [5, 5.41) is 6.58. The first-order chi connectivity index (χ1) is 17.6. The van der Waals surface area contributed by atoms with Crippen molar-refractivity contribution in [1.29, 1.82) is 0 Å². The third kappa shape index (κ3) is 3.90. The number of likely N-dealkylation sites (tertiary alicyclic amines) is 1. The number of nitrogens with one attached hydrogen (secondary N) is 2. The fraction of sp³-hybridized carbons (Fsp3) is 0.429. The van der Waals surface area contributed by atoms with Gasteiger partial charge in [0.05, 0.1) is 10.5 Å². The summed E-state index contributed by atoms with van der Waals surface area (Å²) in [7, 11) is 2.17. The van der Waals surface area contributed by atoms with Gasteiger partial charge in [-0.05, 0) is 69.1 Å². The van der Waals surface area contributed by atoms with Gasteiger partial charge >= 0.3 is 6.01 Å².